The average Bonchev–Trinajstić information content (AvgIpc) is 2.84. The van der Waals surface area contributed by atoms with E-state index in [-0.39, 0.29) is 0 Å². The number of nitrogens with zero attached hydrogens (tertiary/aromatic N) is 2. The molecule has 0 amide bonds. The van der Waals surface area contributed by atoms with Crippen LogP contribution in [0.4, 0.5) is 18.9 Å². The lowest BCUT2D eigenvalue weighted by molar-refractivity contribution is -0.137. The summed E-state index contributed by atoms with van der Waals surface area (Å²) in [5.74, 6) is 0. The second-order valence-corrected chi connectivity index (χ2v) is 4.51. The quantitative estimate of drug-likeness (QED) is 0.901. The lowest BCUT2D eigenvalue weighted by Gasteiger charge is -2.11. The van der Waals surface area contributed by atoms with Gasteiger partial charge in [-0.2, -0.15) is 13.2 Å². The van der Waals surface area contributed by atoms with Gasteiger partial charge in [0, 0.05) is 18.4 Å². The molecule has 1 aromatic carbocycles. The molecule has 0 radical (unpaired) electrons. The number of anilines is 1. The van der Waals surface area contributed by atoms with Gasteiger partial charge < -0.3 is 9.88 Å². The van der Waals surface area contributed by atoms with E-state index < -0.39 is 11.7 Å². The summed E-state index contributed by atoms with van der Waals surface area (Å²) in [6, 6.07) is 5.19. The Bertz CT molecular complexity index is 561. The van der Waals surface area contributed by atoms with E-state index >= 15 is 0 Å². The smallest absolute Gasteiger partial charge is 0.379 e. The molecule has 20 heavy (non-hydrogen) atoms. The van der Waals surface area contributed by atoms with Crippen LogP contribution in [-0.2, 0) is 19.3 Å². The molecule has 0 unspecified atom stereocenters. The molecule has 1 heterocycles. The predicted molar refractivity (Wildman–Crippen MR) is 71.3 cm³/mol. The number of rotatable bonds is 5. The van der Waals surface area contributed by atoms with Crippen molar-refractivity contribution in [3.05, 3.63) is 48.0 Å². The highest BCUT2D eigenvalue weighted by molar-refractivity contribution is 5.46. The van der Waals surface area contributed by atoms with Crippen molar-refractivity contribution in [3.8, 4) is 0 Å². The van der Waals surface area contributed by atoms with Crippen LogP contribution in [0.2, 0.25) is 0 Å². The van der Waals surface area contributed by atoms with E-state index in [2.05, 4.69) is 17.2 Å². The number of imidazole rings is 1. The van der Waals surface area contributed by atoms with Gasteiger partial charge in [0.1, 0.15) is 0 Å². The van der Waals surface area contributed by atoms with Gasteiger partial charge in [0.2, 0.25) is 0 Å². The van der Waals surface area contributed by atoms with Gasteiger partial charge >= 0.3 is 6.18 Å². The highest BCUT2D eigenvalue weighted by Gasteiger charge is 2.30. The van der Waals surface area contributed by atoms with Crippen LogP contribution in [0.1, 0.15) is 24.6 Å². The Morgan fingerprint density at radius 2 is 2.10 bits per heavy atom. The van der Waals surface area contributed by atoms with E-state index in [0.717, 1.165) is 30.8 Å². The van der Waals surface area contributed by atoms with Gasteiger partial charge in [0.05, 0.1) is 24.1 Å². The van der Waals surface area contributed by atoms with Crippen molar-refractivity contribution < 1.29 is 13.2 Å². The number of benzene rings is 1. The maximum absolute atomic E-state index is 12.6. The van der Waals surface area contributed by atoms with Crippen LogP contribution in [0, 0.1) is 0 Å². The third kappa shape index (κ3) is 3.53. The van der Waals surface area contributed by atoms with Crippen LogP contribution >= 0.6 is 0 Å². The number of alkyl halides is 3. The van der Waals surface area contributed by atoms with E-state index in [9.17, 15) is 13.2 Å². The van der Waals surface area contributed by atoms with Crippen LogP contribution in [-0.4, -0.2) is 9.55 Å². The molecule has 0 saturated carbocycles. The minimum Gasteiger partial charge on any atom is -0.379 e. The molecular weight excluding hydrogens is 267 g/mol. The SMILES string of the molecule is CCCn1cncc1CNc1cccc(C(F)(F)F)c1. The third-order valence-corrected chi connectivity index (χ3v) is 2.93. The highest BCUT2D eigenvalue weighted by atomic mass is 19.4. The minimum atomic E-state index is -4.32. The summed E-state index contributed by atoms with van der Waals surface area (Å²) >= 11 is 0. The Balaban J connectivity index is 2.05. The van der Waals surface area contributed by atoms with Crippen LogP contribution in [0.3, 0.4) is 0 Å². The van der Waals surface area contributed by atoms with E-state index in [4.69, 9.17) is 0 Å². The summed E-state index contributed by atoms with van der Waals surface area (Å²) in [5, 5.41) is 3.00. The van der Waals surface area contributed by atoms with Crippen LogP contribution in [0.25, 0.3) is 0 Å². The average molecular weight is 283 g/mol. The molecule has 0 atom stereocenters. The Kier molecular flexibility index (Phi) is 4.32. The summed E-state index contributed by atoms with van der Waals surface area (Å²) in [7, 11) is 0. The molecule has 108 valence electrons. The van der Waals surface area contributed by atoms with E-state index in [0.29, 0.717) is 12.2 Å². The molecule has 0 saturated heterocycles. The van der Waals surface area contributed by atoms with Gasteiger partial charge in [-0.05, 0) is 24.6 Å². The standard InChI is InChI=1S/C14H16F3N3/c1-2-6-20-10-18-8-13(20)9-19-12-5-3-4-11(7-12)14(15,16)17/h3-5,7-8,10,19H,2,6,9H2,1H3. The fraction of sp³-hybridized carbons (Fsp3) is 0.357. The van der Waals surface area contributed by atoms with Gasteiger partial charge in [0.15, 0.2) is 0 Å². The first kappa shape index (κ1) is 14.4. The van der Waals surface area contributed by atoms with Crippen molar-refractivity contribution in [2.75, 3.05) is 5.32 Å². The predicted octanol–water partition coefficient (Wildman–Crippen LogP) is 3.92. The lowest BCUT2D eigenvalue weighted by atomic mass is 10.2. The van der Waals surface area contributed by atoms with E-state index in [1.165, 1.54) is 6.07 Å². The zero-order valence-corrected chi connectivity index (χ0v) is 11.1. The fourth-order valence-corrected chi connectivity index (χ4v) is 1.94. The number of aryl methyl sites for hydroxylation is 1. The second kappa shape index (κ2) is 5.98. The summed E-state index contributed by atoms with van der Waals surface area (Å²) in [4.78, 5) is 4.05. The molecule has 2 rings (SSSR count). The van der Waals surface area contributed by atoms with Crippen molar-refractivity contribution >= 4 is 5.69 Å². The molecule has 1 N–H and O–H groups in total. The van der Waals surface area contributed by atoms with Gasteiger partial charge in [-0.1, -0.05) is 13.0 Å². The molecule has 3 nitrogen and oxygen atoms in total. The molecule has 2 aromatic rings. The number of halogens is 3. The van der Waals surface area contributed by atoms with Crippen molar-refractivity contribution in [3.63, 3.8) is 0 Å². The lowest BCUT2D eigenvalue weighted by Crippen LogP contribution is -2.08. The number of hydrogen-bond donors (Lipinski definition) is 1. The molecule has 1 aromatic heterocycles. The van der Waals surface area contributed by atoms with E-state index in [1.807, 2.05) is 4.57 Å². The van der Waals surface area contributed by atoms with Gasteiger partial charge in [0.25, 0.3) is 0 Å². The topological polar surface area (TPSA) is 29.9 Å². The molecule has 0 aliphatic heterocycles. The first-order chi connectivity index (χ1) is 9.50. The normalized spacial score (nSPS) is 11.6. The Hall–Kier alpha value is -1.98. The van der Waals surface area contributed by atoms with Crippen LogP contribution in [0.5, 0.6) is 0 Å². The van der Waals surface area contributed by atoms with Gasteiger partial charge in [-0.25, -0.2) is 4.98 Å². The summed E-state index contributed by atoms with van der Waals surface area (Å²) in [6.45, 7) is 3.35. The molecular formula is C14H16F3N3. The highest BCUT2D eigenvalue weighted by Crippen LogP contribution is 2.30. The molecule has 0 spiro atoms. The summed E-state index contributed by atoms with van der Waals surface area (Å²) < 4.78 is 39.8. The Morgan fingerprint density at radius 1 is 1.30 bits per heavy atom. The largest absolute Gasteiger partial charge is 0.416 e. The van der Waals surface area contributed by atoms with Crippen molar-refractivity contribution in [1.82, 2.24) is 9.55 Å². The van der Waals surface area contributed by atoms with Crippen LogP contribution in [0.15, 0.2) is 36.8 Å². The van der Waals surface area contributed by atoms with Crippen molar-refractivity contribution in [2.45, 2.75) is 32.6 Å². The molecule has 0 bridgehead atoms. The van der Waals surface area contributed by atoms with Crippen LogP contribution < -0.4 is 5.32 Å². The first-order valence-corrected chi connectivity index (χ1v) is 6.41. The zero-order chi connectivity index (χ0) is 14.6. The number of aromatic nitrogens is 2. The first-order valence-electron chi connectivity index (χ1n) is 6.41. The fourth-order valence-electron chi connectivity index (χ4n) is 1.94. The monoisotopic (exact) mass is 283 g/mol. The number of hydrogen-bond acceptors (Lipinski definition) is 2. The minimum absolute atomic E-state index is 0.446. The van der Waals surface area contributed by atoms with Crippen molar-refractivity contribution in [2.24, 2.45) is 0 Å². The Labute approximate surface area is 115 Å². The molecule has 0 aliphatic carbocycles. The van der Waals surface area contributed by atoms with E-state index in [1.54, 1.807) is 18.6 Å². The van der Waals surface area contributed by atoms with Gasteiger partial charge in [-0.3, -0.25) is 0 Å². The third-order valence-electron chi connectivity index (χ3n) is 2.93. The molecule has 0 fully saturated rings. The Morgan fingerprint density at radius 3 is 2.80 bits per heavy atom. The maximum atomic E-state index is 12.6. The number of nitrogens with one attached hydrogen (secondary N) is 1. The zero-order valence-electron chi connectivity index (χ0n) is 11.1. The second-order valence-electron chi connectivity index (χ2n) is 4.51. The molecule has 0 aliphatic rings. The van der Waals surface area contributed by atoms with Crippen molar-refractivity contribution in [1.29, 1.82) is 0 Å². The summed E-state index contributed by atoms with van der Waals surface area (Å²) in [5.41, 5.74) is 0.748. The molecule has 6 heteroatoms. The van der Waals surface area contributed by atoms with Gasteiger partial charge in [-0.15, -0.1) is 0 Å². The maximum Gasteiger partial charge on any atom is 0.416 e. The summed E-state index contributed by atoms with van der Waals surface area (Å²) in [6.07, 6.45) is 0.109.